The van der Waals surface area contributed by atoms with Crippen LogP contribution in [0.25, 0.3) is 0 Å². The smallest absolute Gasteiger partial charge is 0.239 e. The summed E-state index contributed by atoms with van der Waals surface area (Å²) in [7, 11) is 0. The van der Waals surface area contributed by atoms with E-state index in [0.717, 1.165) is 45.6 Å². The van der Waals surface area contributed by atoms with Gasteiger partial charge < -0.3 is 10.2 Å². The summed E-state index contributed by atoms with van der Waals surface area (Å²) in [6, 6.07) is 0.701. The fraction of sp³-hybridized carbons (Fsp3) is 0.917. The van der Waals surface area contributed by atoms with E-state index in [2.05, 4.69) is 24.1 Å². The largest absolute Gasteiger partial charge is 0.339 e. The predicted molar refractivity (Wildman–Crippen MR) is 64.3 cm³/mol. The van der Waals surface area contributed by atoms with E-state index in [1.54, 1.807) is 0 Å². The number of nitrogens with zero attached hydrogens (tertiary/aromatic N) is 2. The SMILES string of the molecule is CC(C)N1CCN(C(=O)[C@@H]2CCCN2)CC1. The van der Waals surface area contributed by atoms with Crippen molar-refractivity contribution in [1.82, 2.24) is 15.1 Å². The summed E-state index contributed by atoms with van der Waals surface area (Å²) in [5.41, 5.74) is 0. The number of hydrogen-bond donors (Lipinski definition) is 1. The maximum absolute atomic E-state index is 12.1. The molecular formula is C12H23N3O. The number of carbonyl (C=O) groups is 1. The second-order valence-corrected chi connectivity index (χ2v) is 5.10. The molecule has 2 saturated heterocycles. The third-order valence-electron chi connectivity index (χ3n) is 3.71. The van der Waals surface area contributed by atoms with Crippen LogP contribution < -0.4 is 5.32 Å². The standard InChI is InChI=1S/C12H23N3O/c1-10(2)14-6-8-15(9-7-14)12(16)11-4-3-5-13-11/h10-11,13H,3-9H2,1-2H3/t11-/m0/s1. The molecule has 2 rings (SSSR count). The van der Waals surface area contributed by atoms with Gasteiger partial charge in [0.2, 0.25) is 5.91 Å². The Morgan fingerprint density at radius 2 is 1.94 bits per heavy atom. The van der Waals surface area contributed by atoms with Crippen LogP contribution in [0.4, 0.5) is 0 Å². The quantitative estimate of drug-likeness (QED) is 0.734. The van der Waals surface area contributed by atoms with Gasteiger partial charge in [0.25, 0.3) is 0 Å². The zero-order valence-electron chi connectivity index (χ0n) is 10.4. The van der Waals surface area contributed by atoms with Gasteiger partial charge in [-0.05, 0) is 33.2 Å². The summed E-state index contributed by atoms with van der Waals surface area (Å²) in [4.78, 5) is 16.6. The normalized spacial score (nSPS) is 27.7. The minimum Gasteiger partial charge on any atom is -0.339 e. The summed E-state index contributed by atoms with van der Waals surface area (Å²) in [6.45, 7) is 9.28. The second-order valence-electron chi connectivity index (χ2n) is 5.10. The average molecular weight is 225 g/mol. The van der Waals surface area contributed by atoms with Crippen LogP contribution in [0.1, 0.15) is 26.7 Å². The molecule has 16 heavy (non-hydrogen) atoms. The monoisotopic (exact) mass is 225 g/mol. The molecule has 0 unspecified atom stereocenters. The number of carbonyl (C=O) groups excluding carboxylic acids is 1. The van der Waals surface area contributed by atoms with Crippen LogP contribution in [-0.4, -0.2) is 60.5 Å². The van der Waals surface area contributed by atoms with Gasteiger partial charge in [0.05, 0.1) is 6.04 Å². The average Bonchev–Trinajstić information content (AvgIpc) is 2.81. The van der Waals surface area contributed by atoms with E-state index >= 15 is 0 Å². The van der Waals surface area contributed by atoms with E-state index in [1.165, 1.54) is 0 Å². The van der Waals surface area contributed by atoms with Gasteiger partial charge in [-0.1, -0.05) is 0 Å². The van der Waals surface area contributed by atoms with Gasteiger partial charge in [-0.2, -0.15) is 0 Å². The first-order valence-electron chi connectivity index (χ1n) is 6.44. The Hall–Kier alpha value is -0.610. The first kappa shape index (κ1) is 11.9. The van der Waals surface area contributed by atoms with E-state index in [0.29, 0.717) is 11.9 Å². The van der Waals surface area contributed by atoms with Crippen LogP contribution >= 0.6 is 0 Å². The minimum atomic E-state index is 0.102. The lowest BCUT2D eigenvalue weighted by atomic mass is 10.1. The maximum Gasteiger partial charge on any atom is 0.239 e. The van der Waals surface area contributed by atoms with E-state index in [1.807, 2.05) is 4.90 Å². The first-order chi connectivity index (χ1) is 7.68. The summed E-state index contributed by atoms with van der Waals surface area (Å²) in [5, 5.41) is 3.28. The predicted octanol–water partition coefficient (Wildman–Crippen LogP) is 0.291. The minimum absolute atomic E-state index is 0.102. The summed E-state index contributed by atoms with van der Waals surface area (Å²) >= 11 is 0. The Morgan fingerprint density at radius 3 is 2.44 bits per heavy atom. The van der Waals surface area contributed by atoms with Gasteiger partial charge in [0, 0.05) is 32.2 Å². The number of nitrogens with one attached hydrogen (secondary N) is 1. The van der Waals surface area contributed by atoms with Gasteiger partial charge in [-0.15, -0.1) is 0 Å². The van der Waals surface area contributed by atoms with Crippen LogP contribution in [0.15, 0.2) is 0 Å². The molecule has 4 nitrogen and oxygen atoms in total. The highest BCUT2D eigenvalue weighted by Crippen LogP contribution is 2.12. The summed E-state index contributed by atoms with van der Waals surface area (Å²) in [5.74, 6) is 0.320. The van der Waals surface area contributed by atoms with Crippen LogP contribution in [0.3, 0.4) is 0 Å². The fourth-order valence-electron chi connectivity index (χ4n) is 2.57. The molecule has 2 aliphatic rings. The molecule has 1 atom stereocenters. The highest BCUT2D eigenvalue weighted by atomic mass is 16.2. The van der Waals surface area contributed by atoms with Crippen molar-refractivity contribution in [1.29, 1.82) is 0 Å². The lowest BCUT2D eigenvalue weighted by Gasteiger charge is -2.37. The molecular weight excluding hydrogens is 202 g/mol. The van der Waals surface area contributed by atoms with E-state index in [-0.39, 0.29) is 6.04 Å². The van der Waals surface area contributed by atoms with Crippen LogP contribution in [0.2, 0.25) is 0 Å². The molecule has 92 valence electrons. The zero-order chi connectivity index (χ0) is 11.5. The van der Waals surface area contributed by atoms with Crippen molar-refractivity contribution in [2.45, 2.75) is 38.8 Å². The third kappa shape index (κ3) is 2.55. The number of piperazine rings is 1. The highest BCUT2D eigenvalue weighted by molar-refractivity contribution is 5.82. The van der Waals surface area contributed by atoms with Crippen LogP contribution in [0.5, 0.6) is 0 Å². The summed E-state index contributed by atoms with van der Waals surface area (Å²) < 4.78 is 0. The third-order valence-corrected chi connectivity index (χ3v) is 3.71. The van der Waals surface area contributed by atoms with Crippen LogP contribution in [0, 0.1) is 0 Å². The van der Waals surface area contributed by atoms with Crippen molar-refractivity contribution < 1.29 is 4.79 Å². The lowest BCUT2D eigenvalue weighted by molar-refractivity contribution is -0.135. The molecule has 0 bridgehead atoms. The molecule has 2 fully saturated rings. The van der Waals surface area contributed by atoms with Gasteiger partial charge in [-0.3, -0.25) is 9.69 Å². The maximum atomic E-state index is 12.1. The van der Waals surface area contributed by atoms with Gasteiger partial charge in [0.1, 0.15) is 0 Å². The molecule has 0 aliphatic carbocycles. The van der Waals surface area contributed by atoms with Crippen molar-refractivity contribution in [2.75, 3.05) is 32.7 Å². The van der Waals surface area contributed by atoms with E-state index in [4.69, 9.17) is 0 Å². The van der Waals surface area contributed by atoms with Gasteiger partial charge in [0.15, 0.2) is 0 Å². The Kier molecular flexibility index (Phi) is 3.82. The molecule has 0 aromatic heterocycles. The number of rotatable bonds is 2. The number of hydrogen-bond acceptors (Lipinski definition) is 3. The molecule has 0 spiro atoms. The molecule has 4 heteroatoms. The zero-order valence-corrected chi connectivity index (χ0v) is 10.4. The molecule has 0 radical (unpaired) electrons. The van der Waals surface area contributed by atoms with Crippen LogP contribution in [-0.2, 0) is 4.79 Å². The molecule has 1 N–H and O–H groups in total. The van der Waals surface area contributed by atoms with Crippen molar-refractivity contribution in [2.24, 2.45) is 0 Å². The van der Waals surface area contributed by atoms with E-state index in [9.17, 15) is 4.79 Å². The molecule has 1 amide bonds. The highest BCUT2D eigenvalue weighted by Gasteiger charge is 2.29. The van der Waals surface area contributed by atoms with E-state index < -0.39 is 0 Å². The molecule has 0 aromatic rings. The van der Waals surface area contributed by atoms with Crippen molar-refractivity contribution in [3.05, 3.63) is 0 Å². The fourth-order valence-corrected chi connectivity index (χ4v) is 2.57. The molecule has 2 heterocycles. The Morgan fingerprint density at radius 1 is 1.25 bits per heavy atom. The lowest BCUT2D eigenvalue weighted by Crippen LogP contribution is -2.54. The first-order valence-corrected chi connectivity index (χ1v) is 6.44. The van der Waals surface area contributed by atoms with Gasteiger partial charge in [-0.25, -0.2) is 0 Å². The van der Waals surface area contributed by atoms with Crippen molar-refractivity contribution >= 4 is 5.91 Å². The Balaban J connectivity index is 1.81. The summed E-state index contributed by atoms with van der Waals surface area (Å²) in [6.07, 6.45) is 2.16. The van der Waals surface area contributed by atoms with Crippen molar-refractivity contribution in [3.8, 4) is 0 Å². The second kappa shape index (κ2) is 5.15. The topological polar surface area (TPSA) is 35.6 Å². The van der Waals surface area contributed by atoms with Gasteiger partial charge >= 0.3 is 0 Å². The Bertz CT molecular complexity index is 241. The number of amides is 1. The van der Waals surface area contributed by atoms with Crippen molar-refractivity contribution in [3.63, 3.8) is 0 Å². The molecule has 0 saturated carbocycles. The molecule has 0 aromatic carbocycles. The molecule has 2 aliphatic heterocycles. The Labute approximate surface area is 98.0 Å².